The molecule has 0 saturated heterocycles. The molecule has 56 heavy (non-hydrogen) atoms. The maximum absolute atomic E-state index is 6.19. The van der Waals surface area contributed by atoms with Crippen LogP contribution in [0.1, 0.15) is 0 Å². The molecule has 0 radical (unpaired) electrons. The standard InChI is InChI=1S/C50H31N5O/c1-4-14-32(15-5-1)49-51-52-50(56-49)33-24-26-36(27-25-33)55-47-37(28-30-43-45(47)39-20-10-12-22-41(39)53(43)34-16-6-2-7-17-34)38-29-31-44-46(48(38)55)40-21-11-13-23-42(40)54(44)35-18-8-3-9-19-35/h1-31H. The predicted octanol–water partition coefficient (Wildman–Crippen LogP) is 12.7. The average molecular weight is 718 g/mol. The Hall–Kier alpha value is -7.70. The van der Waals surface area contributed by atoms with Crippen LogP contribution in [-0.2, 0) is 0 Å². The van der Waals surface area contributed by atoms with E-state index in [9.17, 15) is 0 Å². The SMILES string of the molecule is c1ccc(-c2nnc(-c3ccc(-n4c5c(ccc6c5c5ccccc5n6-c5ccccc5)c5ccc6c(c7ccccc7n6-c6ccccc6)c54)cc3)o2)cc1. The molecule has 0 aliphatic carbocycles. The van der Waals surface area contributed by atoms with Crippen molar-refractivity contribution in [2.75, 3.05) is 0 Å². The van der Waals surface area contributed by atoms with Gasteiger partial charge in [-0.3, -0.25) is 0 Å². The van der Waals surface area contributed by atoms with Gasteiger partial charge in [-0.05, 0) is 84.9 Å². The number of rotatable bonds is 5. The molecule has 6 nitrogen and oxygen atoms in total. The summed E-state index contributed by atoms with van der Waals surface area (Å²) in [7, 11) is 0. The molecule has 0 unspecified atom stereocenters. The van der Waals surface area contributed by atoms with E-state index in [0.29, 0.717) is 11.8 Å². The van der Waals surface area contributed by atoms with Gasteiger partial charge in [0.25, 0.3) is 0 Å². The molecule has 0 aliphatic rings. The topological polar surface area (TPSA) is 53.7 Å². The van der Waals surface area contributed by atoms with Gasteiger partial charge >= 0.3 is 0 Å². The molecule has 12 rings (SSSR count). The predicted molar refractivity (Wildman–Crippen MR) is 228 cm³/mol. The van der Waals surface area contributed by atoms with E-state index >= 15 is 0 Å². The lowest BCUT2D eigenvalue weighted by Crippen LogP contribution is -1.96. The van der Waals surface area contributed by atoms with E-state index in [4.69, 9.17) is 4.42 Å². The number of hydrogen-bond donors (Lipinski definition) is 0. The first-order chi connectivity index (χ1) is 27.8. The normalized spacial score (nSPS) is 11.9. The van der Waals surface area contributed by atoms with Crippen LogP contribution in [0.15, 0.2) is 192 Å². The number of fused-ring (bicyclic) bond motifs is 11. The van der Waals surface area contributed by atoms with E-state index in [0.717, 1.165) is 39.2 Å². The third kappa shape index (κ3) is 4.38. The number of hydrogen-bond acceptors (Lipinski definition) is 3. The highest BCUT2D eigenvalue weighted by Crippen LogP contribution is 2.46. The molecule has 262 valence electrons. The van der Waals surface area contributed by atoms with Crippen molar-refractivity contribution in [1.29, 1.82) is 0 Å². The molecular weight excluding hydrogens is 687 g/mol. The summed E-state index contributed by atoms with van der Waals surface area (Å²) in [5.41, 5.74) is 12.1. The lowest BCUT2D eigenvalue weighted by atomic mass is 10.1. The minimum absolute atomic E-state index is 0.485. The molecule has 8 aromatic carbocycles. The van der Waals surface area contributed by atoms with Gasteiger partial charge in [0, 0.05) is 60.5 Å². The van der Waals surface area contributed by atoms with Crippen molar-refractivity contribution in [3.8, 4) is 40.0 Å². The zero-order valence-electron chi connectivity index (χ0n) is 30.0. The quantitative estimate of drug-likeness (QED) is 0.178. The van der Waals surface area contributed by atoms with Crippen LogP contribution in [0.25, 0.3) is 105 Å². The third-order valence-electron chi connectivity index (χ3n) is 11.2. The fourth-order valence-corrected chi connectivity index (χ4v) is 8.85. The smallest absolute Gasteiger partial charge is 0.248 e. The minimum Gasteiger partial charge on any atom is -0.416 e. The first-order valence-electron chi connectivity index (χ1n) is 18.8. The second kappa shape index (κ2) is 11.9. The van der Waals surface area contributed by atoms with Crippen LogP contribution in [0.3, 0.4) is 0 Å². The lowest BCUT2D eigenvalue weighted by molar-refractivity contribution is 0.584. The molecule has 0 bridgehead atoms. The molecule has 0 aliphatic heterocycles. The summed E-state index contributed by atoms with van der Waals surface area (Å²) in [5.74, 6) is 0.987. The van der Waals surface area contributed by atoms with Gasteiger partial charge in [0.1, 0.15) is 0 Å². The molecule has 0 fully saturated rings. The van der Waals surface area contributed by atoms with Gasteiger partial charge in [-0.25, -0.2) is 0 Å². The van der Waals surface area contributed by atoms with Gasteiger partial charge in [0.2, 0.25) is 11.8 Å². The van der Waals surface area contributed by atoms with Crippen molar-refractivity contribution >= 4 is 65.4 Å². The summed E-state index contributed by atoms with van der Waals surface area (Å²) in [5, 5.41) is 16.1. The third-order valence-corrected chi connectivity index (χ3v) is 11.2. The van der Waals surface area contributed by atoms with E-state index in [2.05, 4.69) is 182 Å². The van der Waals surface area contributed by atoms with Crippen molar-refractivity contribution in [2.24, 2.45) is 0 Å². The van der Waals surface area contributed by atoms with Crippen molar-refractivity contribution < 1.29 is 4.42 Å². The van der Waals surface area contributed by atoms with Crippen molar-refractivity contribution in [3.63, 3.8) is 0 Å². The molecule has 6 heteroatoms. The molecule has 0 amide bonds. The van der Waals surface area contributed by atoms with Crippen LogP contribution >= 0.6 is 0 Å². The Labute approximate surface area is 320 Å². The molecule has 0 spiro atoms. The molecule has 0 saturated carbocycles. The molecule has 12 aromatic rings. The Morgan fingerprint density at radius 3 is 1.21 bits per heavy atom. The average Bonchev–Trinajstić information content (AvgIpc) is 4.05. The lowest BCUT2D eigenvalue weighted by Gasteiger charge is -2.11. The second-order valence-electron chi connectivity index (χ2n) is 14.2. The molecule has 0 N–H and O–H groups in total. The van der Waals surface area contributed by atoms with Gasteiger partial charge in [-0.2, -0.15) is 0 Å². The van der Waals surface area contributed by atoms with Crippen LogP contribution in [0.5, 0.6) is 0 Å². The number of benzene rings is 8. The van der Waals surface area contributed by atoms with Crippen molar-refractivity contribution in [1.82, 2.24) is 23.9 Å². The van der Waals surface area contributed by atoms with Crippen molar-refractivity contribution in [3.05, 3.63) is 188 Å². The van der Waals surface area contributed by atoms with Crippen LogP contribution in [-0.4, -0.2) is 23.9 Å². The zero-order valence-corrected chi connectivity index (χ0v) is 30.0. The van der Waals surface area contributed by atoms with Gasteiger partial charge in [-0.1, -0.05) is 103 Å². The largest absolute Gasteiger partial charge is 0.416 e. The van der Waals surface area contributed by atoms with Gasteiger partial charge in [-0.15, -0.1) is 10.2 Å². The van der Waals surface area contributed by atoms with Crippen LogP contribution in [0, 0.1) is 0 Å². The molecule has 4 aromatic heterocycles. The highest BCUT2D eigenvalue weighted by atomic mass is 16.4. The number of para-hydroxylation sites is 4. The van der Waals surface area contributed by atoms with Crippen molar-refractivity contribution in [2.45, 2.75) is 0 Å². The van der Waals surface area contributed by atoms with Gasteiger partial charge in [0.15, 0.2) is 0 Å². The maximum Gasteiger partial charge on any atom is 0.248 e. The first-order valence-corrected chi connectivity index (χ1v) is 18.8. The molecule has 4 heterocycles. The second-order valence-corrected chi connectivity index (χ2v) is 14.2. The maximum atomic E-state index is 6.19. The van der Waals surface area contributed by atoms with Gasteiger partial charge < -0.3 is 18.1 Å². The van der Waals surface area contributed by atoms with E-state index < -0.39 is 0 Å². The number of aromatic nitrogens is 5. The highest BCUT2D eigenvalue weighted by molar-refractivity contribution is 6.31. The van der Waals surface area contributed by atoms with E-state index in [-0.39, 0.29) is 0 Å². The Balaban J connectivity index is 1.21. The fourth-order valence-electron chi connectivity index (χ4n) is 8.85. The summed E-state index contributed by atoms with van der Waals surface area (Å²) in [4.78, 5) is 0. The Bertz CT molecular complexity index is 3270. The summed E-state index contributed by atoms with van der Waals surface area (Å²) in [6.07, 6.45) is 0. The van der Waals surface area contributed by atoms with E-state index in [1.807, 2.05) is 30.3 Å². The van der Waals surface area contributed by atoms with E-state index in [1.165, 1.54) is 54.4 Å². The van der Waals surface area contributed by atoms with E-state index in [1.54, 1.807) is 0 Å². The summed E-state index contributed by atoms with van der Waals surface area (Å²) in [6.45, 7) is 0. The summed E-state index contributed by atoms with van der Waals surface area (Å²) >= 11 is 0. The summed E-state index contributed by atoms with van der Waals surface area (Å²) in [6, 6.07) is 66.6. The zero-order chi connectivity index (χ0) is 36.7. The summed E-state index contributed by atoms with van der Waals surface area (Å²) < 4.78 is 13.5. The van der Waals surface area contributed by atoms with Crippen LogP contribution in [0.4, 0.5) is 0 Å². The fraction of sp³-hybridized carbons (Fsp3) is 0. The first kappa shape index (κ1) is 30.7. The minimum atomic E-state index is 0.485. The Morgan fingerprint density at radius 2 is 0.714 bits per heavy atom. The van der Waals surface area contributed by atoms with Crippen LogP contribution in [0.2, 0.25) is 0 Å². The van der Waals surface area contributed by atoms with Gasteiger partial charge in [0.05, 0.1) is 33.1 Å². The highest BCUT2D eigenvalue weighted by Gasteiger charge is 2.25. The molecule has 0 atom stereocenters. The molecular formula is C50H31N5O. The number of nitrogens with zero attached hydrogens (tertiary/aromatic N) is 5. The Morgan fingerprint density at radius 1 is 0.304 bits per heavy atom. The monoisotopic (exact) mass is 717 g/mol. The Kier molecular flexibility index (Phi) is 6.53. The van der Waals surface area contributed by atoms with Crippen LogP contribution < -0.4 is 0 Å².